The molecule has 0 bridgehead atoms. The van der Waals surface area contributed by atoms with Gasteiger partial charge in [-0.2, -0.15) is 0 Å². The fraction of sp³-hybridized carbons (Fsp3) is 0.444. The summed E-state index contributed by atoms with van der Waals surface area (Å²) in [5.74, 6) is 0. The molecule has 13 heavy (non-hydrogen) atoms. The number of halogens is 2. The summed E-state index contributed by atoms with van der Waals surface area (Å²) in [4.78, 5) is 10.8. The van der Waals surface area contributed by atoms with Gasteiger partial charge in [0.05, 0.1) is 0 Å². The topological polar surface area (TPSA) is 17.1 Å². The molecule has 78 valence electrons. The molecule has 1 aliphatic rings. The second kappa shape index (κ2) is 8.13. The molecular weight excluding hydrogens is 221 g/mol. The van der Waals surface area contributed by atoms with Crippen molar-refractivity contribution in [1.29, 1.82) is 0 Å². The van der Waals surface area contributed by atoms with Crippen molar-refractivity contribution < 1.29 is 29.9 Å². The first kappa shape index (κ1) is 15.0. The molecule has 0 spiro atoms. The van der Waals surface area contributed by atoms with Crippen LogP contribution < -0.4 is 0 Å². The van der Waals surface area contributed by atoms with E-state index in [4.69, 9.17) is 0 Å². The summed E-state index contributed by atoms with van der Waals surface area (Å²) in [7, 11) is 0. The summed E-state index contributed by atoms with van der Waals surface area (Å²) in [5.41, 5.74) is 0.834. The number of allylic oxidation sites excluding steroid dienone is 4. The van der Waals surface area contributed by atoms with Crippen LogP contribution in [0.3, 0.4) is 0 Å². The predicted octanol–water partition coefficient (Wildman–Crippen LogP) is 2.42. The Bertz CT molecular complexity index is 212. The standard InChI is InChI=1S/C9H11O.Co.2FH/c10-8-9-6-4-2-1-3-5-7-9;;;/h2,4,6H,1,3,5,7H2;;2*1H. The zero-order valence-electron chi connectivity index (χ0n) is 7.12. The van der Waals surface area contributed by atoms with Crippen molar-refractivity contribution in [3.05, 3.63) is 23.8 Å². The average molecular weight is 234 g/mol. The Morgan fingerprint density at radius 1 is 1.31 bits per heavy atom. The van der Waals surface area contributed by atoms with Crippen LogP contribution in [0.15, 0.2) is 23.8 Å². The first-order chi connectivity index (χ1) is 5.30. The number of carbonyl (C=O) groups excluding carboxylic acids is 1. The summed E-state index contributed by atoms with van der Waals surface area (Å²) in [5, 5.41) is 0. The number of hydrogen-bond donors (Lipinski definition) is 0. The van der Waals surface area contributed by atoms with Crippen LogP contribution in [0.2, 0.25) is 0 Å². The molecule has 1 rings (SSSR count). The molecule has 0 unspecified atom stereocenters. The van der Waals surface area contributed by atoms with Gasteiger partial charge in [0.2, 0.25) is 0 Å². The molecule has 0 heterocycles. The maximum absolute atomic E-state index is 10.8. The van der Waals surface area contributed by atoms with Crippen molar-refractivity contribution in [3.8, 4) is 0 Å². The number of rotatable bonds is 1. The Morgan fingerprint density at radius 3 is 2.62 bits per heavy atom. The van der Waals surface area contributed by atoms with Gasteiger partial charge in [-0.3, -0.25) is 9.41 Å². The van der Waals surface area contributed by atoms with Crippen molar-refractivity contribution in [2.24, 2.45) is 0 Å². The molecule has 1 nitrogen and oxygen atoms in total. The van der Waals surface area contributed by atoms with Crippen LogP contribution >= 0.6 is 0 Å². The second-order valence-corrected chi connectivity index (χ2v) is 3.09. The van der Waals surface area contributed by atoms with E-state index in [1.165, 1.54) is 6.42 Å². The van der Waals surface area contributed by atoms with Crippen molar-refractivity contribution in [2.75, 3.05) is 0 Å². The van der Waals surface area contributed by atoms with E-state index < -0.39 is 0 Å². The van der Waals surface area contributed by atoms with Gasteiger partial charge in [-0.05, 0) is 0 Å². The Morgan fingerprint density at radius 2 is 2.00 bits per heavy atom. The van der Waals surface area contributed by atoms with E-state index in [-0.39, 0.29) is 14.1 Å². The van der Waals surface area contributed by atoms with Crippen LogP contribution in [0.25, 0.3) is 0 Å². The molecule has 1 aliphatic carbocycles. The molecular formula is C9H13CoF2O. The summed E-state index contributed by atoms with van der Waals surface area (Å²) in [6.07, 6.45) is 10.2. The SMILES string of the molecule is F.F.O=[C]([Co])C1=CC=CCCCC1. The van der Waals surface area contributed by atoms with Gasteiger partial charge in [0.15, 0.2) is 0 Å². The van der Waals surface area contributed by atoms with Crippen molar-refractivity contribution in [1.82, 2.24) is 0 Å². The monoisotopic (exact) mass is 234 g/mol. The summed E-state index contributed by atoms with van der Waals surface area (Å²) in [6.45, 7) is 0. The van der Waals surface area contributed by atoms with Crippen LogP contribution in [0, 0.1) is 0 Å². The third-order valence-electron chi connectivity index (χ3n) is 1.74. The average Bonchev–Trinajstić information content (AvgIpc) is 1.84. The van der Waals surface area contributed by atoms with Crippen molar-refractivity contribution >= 4 is 4.72 Å². The first-order valence-corrected chi connectivity index (χ1v) is 4.36. The molecule has 0 atom stereocenters. The normalized spacial score (nSPS) is 15.7. The van der Waals surface area contributed by atoms with Gasteiger partial charge in [-0.1, -0.05) is 0 Å². The Hall–Kier alpha value is -0.484. The van der Waals surface area contributed by atoms with Crippen molar-refractivity contribution in [2.45, 2.75) is 25.7 Å². The Labute approximate surface area is 84.6 Å². The number of hydrogen-bond acceptors (Lipinski definition) is 1. The maximum atomic E-state index is 10.8. The molecule has 0 aromatic heterocycles. The van der Waals surface area contributed by atoms with Gasteiger partial charge in [0.25, 0.3) is 0 Å². The van der Waals surface area contributed by atoms with Crippen LogP contribution in [0.4, 0.5) is 9.41 Å². The second-order valence-electron chi connectivity index (χ2n) is 2.62. The van der Waals surface area contributed by atoms with Crippen LogP contribution in [-0.2, 0) is 20.5 Å². The molecule has 0 saturated carbocycles. The van der Waals surface area contributed by atoms with Gasteiger partial charge in [0.1, 0.15) is 0 Å². The summed E-state index contributed by atoms with van der Waals surface area (Å²) in [6, 6.07) is 0. The van der Waals surface area contributed by atoms with E-state index in [9.17, 15) is 4.79 Å². The molecule has 0 saturated heterocycles. The predicted molar refractivity (Wildman–Crippen MR) is 45.7 cm³/mol. The fourth-order valence-electron chi connectivity index (χ4n) is 1.10. The van der Waals surface area contributed by atoms with E-state index in [0.717, 1.165) is 24.8 Å². The van der Waals surface area contributed by atoms with Crippen LogP contribution in [-0.4, -0.2) is 4.72 Å². The van der Waals surface area contributed by atoms with E-state index in [0.29, 0.717) is 0 Å². The minimum absolute atomic E-state index is 0. The molecule has 0 aliphatic heterocycles. The Kier molecular flexibility index (Phi) is 9.39. The summed E-state index contributed by atoms with van der Waals surface area (Å²) >= 11 is 3.83. The van der Waals surface area contributed by atoms with Gasteiger partial charge in [0, 0.05) is 0 Å². The molecule has 0 aromatic rings. The zero-order chi connectivity index (χ0) is 8.10. The molecule has 0 radical (unpaired) electrons. The van der Waals surface area contributed by atoms with Crippen LogP contribution in [0.1, 0.15) is 25.7 Å². The van der Waals surface area contributed by atoms with E-state index in [1.807, 2.05) is 12.2 Å². The quantitative estimate of drug-likeness (QED) is 0.681. The number of carbonyl (C=O) groups is 1. The molecule has 4 heteroatoms. The van der Waals surface area contributed by atoms with Gasteiger partial charge in [-0.15, -0.1) is 0 Å². The third-order valence-corrected chi connectivity index (χ3v) is 2.07. The van der Waals surface area contributed by atoms with Gasteiger partial charge >= 0.3 is 74.7 Å². The molecule has 0 aromatic carbocycles. The van der Waals surface area contributed by atoms with E-state index in [2.05, 4.69) is 21.8 Å². The van der Waals surface area contributed by atoms with Gasteiger partial charge in [-0.25, -0.2) is 0 Å². The molecule has 0 N–H and O–H groups in total. The Balaban J connectivity index is 0. The van der Waals surface area contributed by atoms with Crippen LogP contribution in [0.5, 0.6) is 0 Å². The van der Waals surface area contributed by atoms with E-state index >= 15 is 0 Å². The summed E-state index contributed by atoms with van der Waals surface area (Å²) < 4.78 is -0.0935. The molecule has 0 amide bonds. The minimum atomic E-state index is -0.0935. The third kappa shape index (κ3) is 5.71. The first-order valence-electron chi connectivity index (χ1n) is 3.84. The van der Waals surface area contributed by atoms with E-state index in [1.54, 1.807) is 0 Å². The van der Waals surface area contributed by atoms with Crippen molar-refractivity contribution in [3.63, 3.8) is 0 Å². The zero-order valence-corrected chi connectivity index (χ0v) is 8.16. The molecule has 0 fully saturated rings. The fourth-order valence-corrected chi connectivity index (χ4v) is 1.31. The van der Waals surface area contributed by atoms with Gasteiger partial charge < -0.3 is 0 Å².